The zero-order valence-corrected chi connectivity index (χ0v) is 14.3. The van der Waals surface area contributed by atoms with Crippen molar-refractivity contribution in [1.29, 1.82) is 0 Å². The van der Waals surface area contributed by atoms with Crippen molar-refractivity contribution in [3.8, 4) is 0 Å². The molecule has 1 atom stereocenters. The van der Waals surface area contributed by atoms with Gasteiger partial charge in [-0.25, -0.2) is 9.18 Å². The van der Waals surface area contributed by atoms with Gasteiger partial charge in [0.25, 0.3) is 0 Å². The van der Waals surface area contributed by atoms with Crippen LogP contribution >= 0.6 is 11.6 Å². The molecule has 0 aliphatic rings. The molecule has 0 spiro atoms. The lowest BCUT2D eigenvalue weighted by Crippen LogP contribution is -2.25. The summed E-state index contributed by atoms with van der Waals surface area (Å²) in [4.78, 5) is 35.3. The number of hydrogen-bond acceptors (Lipinski definition) is 4. The number of anilines is 1. The molecule has 2 aromatic rings. The average Bonchev–Trinajstić information content (AvgIpc) is 2.56. The van der Waals surface area contributed by atoms with Gasteiger partial charge in [0.2, 0.25) is 11.7 Å². The van der Waals surface area contributed by atoms with Crippen LogP contribution in [0.25, 0.3) is 0 Å². The van der Waals surface area contributed by atoms with Crippen molar-refractivity contribution in [2.24, 2.45) is 0 Å². The predicted molar refractivity (Wildman–Crippen MR) is 91.4 cm³/mol. The first-order valence-corrected chi connectivity index (χ1v) is 7.73. The van der Waals surface area contributed by atoms with E-state index < -0.39 is 23.7 Å². The molecule has 0 saturated carbocycles. The molecule has 1 N–H and O–H groups in total. The Labute approximate surface area is 148 Å². The van der Waals surface area contributed by atoms with Gasteiger partial charge in [-0.1, -0.05) is 11.6 Å². The van der Waals surface area contributed by atoms with E-state index in [0.29, 0.717) is 11.3 Å². The summed E-state index contributed by atoms with van der Waals surface area (Å²) < 4.78 is 18.7. The Morgan fingerprint density at radius 2 is 1.76 bits per heavy atom. The number of esters is 1. The van der Waals surface area contributed by atoms with Gasteiger partial charge < -0.3 is 10.1 Å². The fraction of sp³-hybridized carbons (Fsp3) is 0.167. The molecule has 0 aliphatic heterocycles. The number of Topliss-reactive ketones (excluding diaryl/α,β-unsaturated/α-hetero) is 1. The Hall–Kier alpha value is -2.73. The van der Waals surface area contributed by atoms with Crippen LogP contribution < -0.4 is 5.32 Å². The van der Waals surface area contributed by atoms with Gasteiger partial charge in [-0.2, -0.15) is 0 Å². The van der Waals surface area contributed by atoms with Gasteiger partial charge in [0.15, 0.2) is 6.10 Å². The van der Waals surface area contributed by atoms with Gasteiger partial charge in [-0.3, -0.25) is 9.59 Å². The number of halogens is 2. The Kier molecular flexibility index (Phi) is 5.88. The molecule has 25 heavy (non-hydrogen) atoms. The lowest BCUT2D eigenvalue weighted by Gasteiger charge is -2.13. The van der Waals surface area contributed by atoms with Crippen LogP contribution in [0.1, 0.15) is 34.6 Å². The average molecular weight is 364 g/mol. The Morgan fingerprint density at radius 3 is 2.36 bits per heavy atom. The predicted octanol–water partition coefficient (Wildman–Crippen LogP) is 3.87. The fourth-order valence-electron chi connectivity index (χ4n) is 2.09. The lowest BCUT2D eigenvalue weighted by atomic mass is 10.1. The molecule has 0 bridgehead atoms. The maximum Gasteiger partial charge on any atom is 0.341 e. The van der Waals surface area contributed by atoms with E-state index in [1.165, 1.54) is 32.0 Å². The van der Waals surface area contributed by atoms with Gasteiger partial charge in [0.1, 0.15) is 5.82 Å². The van der Waals surface area contributed by atoms with E-state index in [-0.39, 0.29) is 16.5 Å². The second kappa shape index (κ2) is 7.90. The summed E-state index contributed by atoms with van der Waals surface area (Å²) in [7, 11) is 0. The molecule has 130 valence electrons. The smallest absolute Gasteiger partial charge is 0.341 e. The van der Waals surface area contributed by atoms with Crippen LogP contribution in [0.15, 0.2) is 42.5 Å². The molecular formula is C18H15ClFNO4. The van der Waals surface area contributed by atoms with E-state index in [0.717, 1.165) is 12.1 Å². The van der Waals surface area contributed by atoms with Gasteiger partial charge in [-0.15, -0.1) is 0 Å². The minimum Gasteiger partial charge on any atom is -0.451 e. The Bertz CT molecular complexity index is 820. The zero-order chi connectivity index (χ0) is 18.6. The third-order valence-electron chi connectivity index (χ3n) is 3.29. The highest BCUT2D eigenvalue weighted by Gasteiger charge is 2.22. The maximum absolute atomic E-state index is 13.7. The fourth-order valence-corrected chi connectivity index (χ4v) is 2.26. The summed E-state index contributed by atoms with van der Waals surface area (Å²) in [5.74, 6) is -2.44. The molecule has 2 aromatic carbocycles. The van der Waals surface area contributed by atoms with E-state index in [9.17, 15) is 18.8 Å². The van der Waals surface area contributed by atoms with Crippen LogP contribution in [-0.2, 0) is 9.53 Å². The highest BCUT2D eigenvalue weighted by Crippen LogP contribution is 2.18. The third kappa shape index (κ3) is 4.87. The van der Waals surface area contributed by atoms with E-state index in [4.69, 9.17) is 16.3 Å². The van der Waals surface area contributed by atoms with Crippen molar-refractivity contribution in [1.82, 2.24) is 0 Å². The van der Waals surface area contributed by atoms with Crippen molar-refractivity contribution in [3.63, 3.8) is 0 Å². The van der Waals surface area contributed by atoms with Crippen LogP contribution in [0, 0.1) is 5.82 Å². The van der Waals surface area contributed by atoms with Crippen LogP contribution in [0.2, 0.25) is 5.02 Å². The number of carbonyl (C=O) groups excluding carboxylic acids is 3. The molecule has 0 aliphatic carbocycles. The first-order valence-electron chi connectivity index (χ1n) is 7.36. The van der Waals surface area contributed by atoms with E-state index in [1.54, 1.807) is 12.1 Å². The molecule has 0 radical (unpaired) electrons. The number of hydrogen-bond donors (Lipinski definition) is 1. The van der Waals surface area contributed by atoms with Crippen molar-refractivity contribution < 1.29 is 23.5 Å². The second-order valence-electron chi connectivity index (χ2n) is 5.29. The summed E-state index contributed by atoms with van der Waals surface area (Å²) in [6.45, 7) is 2.76. The molecule has 2 rings (SSSR count). The van der Waals surface area contributed by atoms with Crippen LogP contribution in [-0.4, -0.2) is 23.8 Å². The van der Waals surface area contributed by atoms with Gasteiger partial charge in [0.05, 0.1) is 5.56 Å². The first-order chi connectivity index (χ1) is 11.8. The monoisotopic (exact) mass is 363 g/mol. The number of nitrogens with one attached hydrogen (secondary N) is 1. The first kappa shape index (κ1) is 18.6. The summed E-state index contributed by atoms with van der Waals surface area (Å²) >= 11 is 5.74. The normalized spacial score (nSPS) is 11.5. The summed E-state index contributed by atoms with van der Waals surface area (Å²) in [6.07, 6.45) is -1.11. The van der Waals surface area contributed by atoms with Gasteiger partial charge in [0, 0.05) is 23.2 Å². The number of benzene rings is 2. The minimum atomic E-state index is -1.11. The highest BCUT2D eigenvalue weighted by molar-refractivity contribution is 6.30. The molecule has 0 heterocycles. The second-order valence-corrected chi connectivity index (χ2v) is 5.73. The quantitative estimate of drug-likeness (QED) is 0.646. The molecular weight excluding hydrogens is 349 g/mol. The highest BCUT2D eigenvalue weighted by atomic mass is 35.5. The van der Waals surface area contributed by atoms with Gasteiger partial charge in [-0.05, 0) is 49.4 Å². The SMILES string of the molecule is CC(=O)Nc1ccc(C(=O)[C@H](C)OC(=O)c2cc(Cl)ccc2F)cc1. The van der Waals surface area contributed by atoms with Crippen molar-refractivity contribution >= 4 is 34.9 Å². The summed E-state index contributed by atoms with van der Waals surface area (Å²) in [5.41, 5.74) is 0.490. The topological polar surface area (TPSA) is 72.5 Å². The Morgan fingerprint density at radius 1 is 1.12 bits per heavy atom. The van der Waals surface area contributed by atoms with Gasteiger partial charge >= 0.3 is 5.97 Å². The largest absolute Gasteiger partial charge is 0.451 e. The summed E-state index contributed by atoms with van der Waals surface area (Å²) in [6, 6.07) is 9.60. The molecule has 0 unspecified atom stereocenters. The molecule has 5 nitrogen and oxygen atoms in total. The van der Waals surface area contributed by atoms with E-state index in [1.807, 2.05) is 0 Å². The number of amides is 1. The number of carbonyl (C=O) groups is 3. The van der Waals surface area contributed by atoms with Crippen LogP contribution in [0.3, 0.4) is 0 Å². The van der Waals surface area contributed by atoms with E-state index >= 15 is 0 Å². The molecule has 0 saturated heterocycles. The molecule has 1 amide bonds. The molecule has 0 aromatic heterocycles. The maximum atomic E-state index is 13.7. The third-order valence-corrected chi connectivity index (χ3v) is 3.53. The standard InChI is InChI=1S/C18H15ClFNO4/c1-10(25-18(24)15-9-13(19)5-8-16(15)20)17(23)12-3-6-14(7-4-12)21-11(2)22/h3-10H,1-2H3,(H,21,22)/t10-/m0/s1. The summed E-state index contributed by atoms with van der Waals surface area (Å²) in [5, 5.41) is 2.76. The molecule has 0 fully saturated rings. The number of ketones is 1. The van der Waals surface area contributed by atoms with Crippen molar-refractivity contribution in [2.45, 2.75) is 20.0 Å². The minimum absolute atomic E-state index is 0.181. The van der Waals surface area contributed by atoms with E-state index in [2.05, 4.69) is 5.32 Å². The van der Waals surface area contributed by atoms with Crippen molar-refractivity contribution in [3.05, 3.63) is 64.4 Å². The number of ether oxygens (including phenoxy) is 1. The lowest BCUT2D eigenvalue weighted by molar-refractivity contribution is -0.114. The van der Waals surface area contributed by atoms with Crippen LogP contribution in [0.5, 0.6) is 0 Å². The molecule has 7 heteroatoms. The Balaban J connectivity index is 2.08. The number of rotatable bonds is 5. The zero-order valence-electron chi connectivity index (χ0n) is 13.5. The van der Waals surface area contributed by atoms with Crippen LogP contribution in [0.4, 0.5) is 10.1 Å². The van der Waals surface area contributed by atoms with Crippen molar-refractivity contribution in [2.75, 3.05) is 5.32 Å².